The summed E-state index contributed by atoms with van der Waals surface area (Å²) in [5, 5.41) is 16.6. The fraction of sp³-hybridized carbons (Fsp3) is 0.273. The van der Waals surface area contributed by atoms with Gasteiger partial charge in [-0.2, -0.15) is 5.10 Å². The molecule has 3 aromatic rings. The van der Waals surface area contributed by atoms with Gasteiger partial charge in [0.2, 0.25) is 5.91 Å². The molecule has 0 radical (unpaired) electrons. The van der Waals surface area contributed by atoms with Crippen molar-refractivity contribution in [2.45, 2.75) is 32.2 Å². The molecule has 2 aromatic carbocycles. The van der Waals surface area contributed by atoms with E-state index in [0.717, 1.165) is 39.0 Å². The van der Waals surface area contributed by atoms with Gasteiger partial charge < -0.3 is 4.74 Å². The molecule has 4 rings (SSSR count). The van der Waals surface area contributed by atoms with Crippen LogP contribution in [0.5, 0.6) is 5.75 Å². The van der Waals surface area contributed by atoms with Crippen LogP contribution in [0, 0.1) is 0 Å². The van der Waals surface area contributed by atoms with Crippen LogP contribution < -0.4 is 4.74 Å². The van der Waals surface area contributed by atoms with Crippen LogP contribution in [0.2, 0.25) is 5.02 Å². The molecular formula is C22H22ClN3O3. The van der Waals surface area contributed by atoms with E-state index in [1.54, 1.807) is 7.11 Å². The van der Waals surface area contributed by atoms with Crippen LogP contribution >= 0.6 is 11.6 Å². The number of ether oxygens (including phenoxy) is 1. The van der Waals surface area contributed by atoms with E-state index < -0.39 is 0 Å². The average Bonchev–Trinajstić information content (AvgIpc) is 3.12. The SMILES string of the molecule is COc1ccc(-n2nc3c(c2-c2ccc(Cl)cc2)CC(N(O)C(C)=O)CC3)cc1. The lowest BCUT2D eigenvalue weighted by Gasteiger charge is -2.28. The molecule has 1 unspecified atom stereocenters. The minimum absolute atomic E-state index is 0.264. The van der Waals surface area contributed by atoms with Crippen molar-refractivity contribution in [1.82, 2.24) is 14.8 Å². The summed E-state index contributed by atoms with van der Waals surface area (Å²) >= 11 is 6.09. The van der Waals surface area contributed by atoms with E-state index >= 15 is 0 Å². The molecule has 0 fully saturated rings. The van der Waals surface area contributed by atoms with Gasteiger partial charge in [-0.15, -0.1) is 0 Å². The van der Waals surface area contributed by atoms with Crippen LogP contribution in [0.1, 0.15) is 24.6 Å². The van der Waals surface area contributed by atoms with Gasteiger partial charge >= 0.3 is 0 Å². The van der Waals surface area contributed by atoms with Crippen LogP contribution in [0.3, 0.4) is 0 Å². The second kappa shape index (κ2) is 7.89. The topological polar surface area (TPSA) is 67.6 Å². The number of aromatic nitrogens is 2. The van der Waals surface area contributed by atoms with E-state index in [4.69, 9.17) is 21.4 Å². The monoisotopic (exact) mass is 411 g/mol. The molecule has 1 atom stereocenters. The number of halogens is 1. The molecule has 0 saturated carbocycles. The number of hydrogen-bond donors (Lipinski definition) is 1. The van der Waals surface area contributed by atoms with E-state index in [1.807, 2.05) is 53.2 Å². The van der Waals surface area contributed by atoms with Gasteiger partial charge in [-0.3, -0.25) is 10.0 Å². The summed E-state index contributed by atoms with van der Waals surface area (Å²) in [6, 6.07) is 15.1. The highest BCUT2D eigenvalue weighted by molar-refractivity contribution is 6.30. The third-order valence-corrected chi connectivity index (χ3v) is 5.58. The molecule has 1 aliphatic carbocycles. The van der Waals surface area contributed by atoms with Crippen molar-refractivity contribution in [2.75, 3.05) is 7.11 Å². The van der Waals surface area contributed by atoms with Crippen LogP contribution in [0.15, 0.2) is 48.5 Å². The van der Waals surface area contributed by atoms with Crippen molar-refractivity contribution in [1.29, 1.82) is 0 Å². The Labute approximate surface area is 174 Å². The van der Waals surface area contributed by atoms with E-state index in [0.29, 0.717) is 24.3 Å². The van der Waals surface area contributed by atoms with Crippen molar-refractivity contribution in [3.05, 3.63) is 64.8 Å². The number of carbonyl (C=O) groups is 1. The molecule has 1 N–H and O–H groups in total. The highest BCUT2D eigenvalue weighted by atomic mass is 35.5. The molecule has 7 heteroatoms. The fourth-order valence-corrected chi connectivity index (χ4v) is 3.96. The molecule has 0 spiro atoms. The van der Waals surface area contributed by atoms with Gasteiger partial charge in [0.05, 0.1) is 30.2 Å². The van der Waals surface area contributed by atoms with E-state index in [2.05, 4.69) is 0 Å². The Morgan fingerprint density at radius 3 is 2.52 bits per heavy atom. The summed E-state index contributed by atoms with van der Waals surface area (Å²) in [6.45, 7) is 1.37. The van der Waals surface area contributed by atoms with Crippen molar-refractivity contribution in [2.24, 2.45) is 0 Å². The first-order chi connectivity index (χ1) is 14.0. The number of hydroxylamine groups is 2. The van der Waals surface area contributed by atoms with Gasteiger partial charge in [0.15, 0.2) is 0 Å². The zero-order valence-corrected chi connectivity index (χ0v) is 17.1. The van der Waals surface area contributed by atoms with Gasteiger partial charge in [0.25, 0.3) is 0 Å². The second-order valence-corrected chi connectivity index (χ2v) is 7.59. The molecule has 0 aliphatic heterocycles. The number of nitrogens with zero attached hydrogens (tertiary/aromatic N) is 3. The summed E-state index contributed by atoms with van der Waals surface area (Å²) in [5.74, 6) is 0.421. The quantitative estimate of drug-likeness (QED) is 0.513. The molecule has 6 nitrogen and oxygen atoms in total. The Morgan fingerprint density at radius 2 is 1.90 bits per heavy atom. The number of hydrogen-bond acceptors (Lipinski definition) is 4. The summed E-state index contributed by atoms with van der Waals surface area (Å²) in [5.41, 5.74) is 4.86. The van der Waals surface area contributed by atoms with Crippen LogP contribution in [0.25, 0.3) is 16.9 Å². The first-order valence-electron chi connectivity index (χ1n) is 9.47. The number of amides is 1. The highest BCUT2D eigenvalue weighted by Gasteiger charge is 2.31. The molecule has 1 aliphatic rings. The summed E-state index contributed by atoms with van der Waals surface area (Å²) < 4.78 is 7.19. The van der Waals surface area contributed by atoms with Crippen molar-refractivity contribution in [3.63, 3.8) is 0 Å². The minimum atomic E-state index is -0.353. The lowest BCUT2D eigenvalue weighted by Crippen LogP contribution is -2.39. The van der Waals surface area contributed by atoms with Gasteiger partial charge in [-0.25, -0.2) is 9.75 Å². The lowest BCUT2D eigenvalue weighted by atomic mass is 9.89. The van der Waals surface area contributed by atoms with E-state index in [9.17, 15) is 10.0 Å². The average molecular weight is 412 g/mol. The first-order valence-corrected chi connectivity index (χ1v) is 9.85. The summed E-state index contributed by atoms with van der Waals surface area (Å²) in [6.07, 6.45) is 1.90. The largest absolute Gasteiger partial charge is 0.497 e. The van der Waals surface area contributed by atoms with Crippen LogP contribution in [-0.4, -0.2) is 39.1 Å². The fourth-order valence-electron chi connectivity index (χ4n) is 3.83. The number of aryl methyl sites for hydroxylation is 1. The number of methoxy groups -OCH3 is 1. The normalized spacial score (nSPS) is 15.7. The van der Waals surface area contributed by atoms with Gasteiger partial charge in [0, 0.05) is 23.1 Å². The molecule has 1 aromatic heterocycles. The van der Waals surface area contributed by atoms with Gasteiger partial charge in [-0.1, -0.05) is 23.7 Å². The van der Waals surface area contributed by atoms with Gasteiger partial charge in [-0.05, 0) is 55.7 Å². The van der Waals surface area contributed by atoms with Gasteiger partial charge in [0.1, 0.15) is 5.75 Å². The lowest BCUT2D eigenvalue weighted by molar-refractivity contribution is -0.174. The maximum absolute atomic E-state index is 11.7. The standard InChI is InChI=1S/C22H22ClN3O3/c1-14(27)26(28)18-9-12-21-20(13-18)22(15-3-5-16(23)6-4-15)25(24-21)17-7-10-19(29-2)11-8-17/h3-8,10-11,18,28H,9,12-13H2,1-2H3. The minimum Gasteiger partial charge on any atom is -0.497 e. The third-order valence-electron chi connectivity index (χ3n) is 5.32. The smallest absolute Gasteiger partial charge is 0.243 e. The first kappa shape index (κ1) is 19.5. The van der Waals surface area contributed by atoms with Crippen LogP contribution in [-0.2, 0) is 17.6 Å². The predicted octanol–water partition coefficient (Wildman–Crippen LogP) is 4.30. The molecule has 150 valence electrons. The summed E-state index contributed by atoms with van der Waals surface area (Å²) in [7, 11) is 1.64. The Kier molecular flexibility index (Phi) is 5.30. The Bertz CT molecular complexity index is 1030. The van der Waals surface area contributed by atoms with E-state index in [-0.39, 0.29) is 11.9 Å². The maximum Gasteiger partial charge on any atom is 0.243 e. The third kappa shape index (κ3) is 3.73. The number of carbonyl (C=O) groups excluding carboxylic acids is 1. The molecule has 0 saturated heterocycles. The zero-order chi connectivity index (χ0) is 20.5. The summed E-state index contributed by atoms with van der Waals surface area (Å²) in [4.78, 5) is 11.7. The zero-order valence-electron chi connectivity index (χ0n) is 16.3. The number of rotatable bonds is 4. The molecule has 1 heterocycles. The van der Waals surface area contributed by atoms with E-state index in [1.165, 1.54) is 6.92 Å². The molecule has 0 bridgehead atoms. The maximum atomic E-state index is 11.7. The second-order valence-electron chi connectivity index (χ2n) is 7.15. The Hall–Kier alpha value is -2.83. The number of fused-ring (bicyclic) bond motifs is 1. The highest BCUT2D eigenvalue weighted by Crippen LogP contribution is 2.35. The Balaban J connectivity index is 1.84. The molecular weight excluding hydrogens is 390 g/mol. The van der Waals surface area contributed by atoms with Crippen molar-refractivity contribution in [3.8, 4) is 22.7 Å². The Morgan fingerprint density at radius 1 is 1.21 bits per heavy atom. The van der Waals surface area contributed by atoms with Crippen molar-refractivity contribution < 1.29 is 14.7 Å². The predicted molar refractivity (Wildman–Crippen MR) is 111 cm³/mol. The molecule has 29 heavy (non-hydrogen) atoms. The van der Waals surface area contributed by atoms with Crippen molar-refractivity contribution >= 4 is 17.5 Å². The van der Waals surface area contributed by atoms with Crippen LogP contribution in [0.4, 0.5) is 0 Å². The molecule has 1 amide bonds. The number of benzene rings is 2.